The van der Waals surface area contributed by atoms with Crippen molar-refractivity contribution < 1.29 is 14.3 Å². The Hall–Kier alpha value is -1.30. The molecule has 162 valence electrons. The molecule has 0 N–H and O–H groups in total. The van der Waals surface area contributed by atoms with Gasteiger partial charge in [-0.25, -0.2) is 0 Å². The summed E-state index contributed by atoms with van der Waals surface area (Å²) < 4.78 is 11.3. The largest absolute Gasteiger partial charge is 0.490 e. The monoisotopic (exact) mass is 509 g/mol. The maximum atomic E-state index is 6.23. The Morgan fingerprint density at radius 3 is 2.20 bits per heavy atom. The van der Waals surface area contributed by atoms with Gasteiger partial charge in [-0.1, -0.05) is 75.3 Å². The van der Waals surface area contributed by atoms with Crippen LogP contribution in [0.3, 0.4) is 0 Å². The van der Waals surface area contributed by atoms with Crippen molar-refractivity contribution in [3.8, 4) is 11.5 Å². The Bertz CT molecular complexity index is 829. The Labute approximate surface area is 201 Å². The van der Waals surface area contributed by atoms with Gasteiger partial charge >= 0.3 is 0 Å². The third-order valence-corrected chi connectivity index (χ3v) is 4.85. The number of unbranched alkanes of at least 4 members (excludes halogenated alkanes) is 2. The van der Waals surface area contributed by atoms with Crippen LogP contribution in [0.5, 0.6) is 11.5 Å². The van der Waals surface area contributed by atoms with Gasteiger partial charge in [0, 0.05) is 17.2 Å². The van der Waals surface area contributed by atoms with Gasteiger partial charge in [0.25, 0.3) is 0 Å². The van der Waals surface area contributed by atoms with Gasteiger partial charge in [-0.15, -0.1) is 0 Å². The summed E-state index contributed by atoms with van der Waals surface area (Å²) in [6, 6.07) is 10.6. The molecule has 0 aliphatic rings. The molecule has 2 aromatic rings. The zero-order chi connectivity index (χ0) is 21.8. The first kappa shape index (κ1) is 25.0. The fourth-order valence-electron chi connectivity index (χ4n) is 2.28. The van der Waals surface area contributed by atoms with Gasteiger partial charge in [0.15, 0.2) is 5.75 Å². The number of hydrogen-bond donors (Lipinski definition) is 0. The van der Waals surface area contributed by atoms with Gasteiger partial charge < -0.3 is 14.3 Å². The summed E-state index contributed by atoms with van der Waals surface area (Å²) in [6.45, 7) is 1.22. The average molecular weight is 512 g/mol. The minimum atomic E-state index is 0.130. The number of benzene rings is 2. The lowest BCUT2D eigenvalue weighted by molar-refractivity contribution is 0.140. The molecular weight excluding hydrogens is 492 g/mol. The Morgan fingerprint density at radius 1 is 0.867 bits per heavy atom. The van der Waals surface area contributed by atoms with E-state index in [0.29, 0.717) is 39.8 Å². The molecule has 9 heteroatoms. The van der Waals surface area contributed by atoms with Gasteiger partial charge in [0.1, 0.15) is 23.5 Å². The van der Waals surface area contributed by atoms with Crippen LogP contribution in [0.1, 0.15) is 24.8 Å². The van der Waals surface area contributed by atoms with E-state index in [1.54, 1.807) is 30.5 Å². The van der Waals surface area contributed by atoms with E-state index in [-0.39, 0.29) is 11.1 Å². The van der Waals surface area contributed by atoms with E-state index in [1.807, 2.05) is 12.1 Å². The molecule has 4 nitrogen and oxygen atoms in total. The Kier molecular flexibility index (Phi) is 11.6. The minimum Gasteiger partial charge on any atom is -0.490 e. The number of hydrogen-bond acceptors (Lipinski definition) is 4. The van der Waals surface area contributed by atoms with Gasteiger partial charge in [-0.2, -0.15) is 0 Å². The lowest BCUT2D eigenvalue weighted by atomic mass is 10.2. The van der Waals surface area contributed by atoms with Crippen LogP contribution in [-0.2, 0) is 4.84 Å². The highest BCUT2D eigenvalue weighted by Gasteiger charge is 2.10. The van der Waals surface area contributed by atoms with Crippen LogP contribution in [0.25, 0.3) is 0 Å². The van der Waals surface area contributed by atoms with E-state index in [1.165, 1.54) is 6.08 Å². The summed E-state index contributed by atoms with van der Waals surface area (Å²) in [5, 5.41) is 5.37. The first-order chi connectivity index (χ1) is 14.5. The topological polar surface area (TPSA) is 40.0 Å². The molecule has 0 radical (unpaired) electrons. The highest BCUT2D eigenvalue weighted by molar-refractivity contribution is 6.55. The third-order valence-electron chi connectivity index (χ3n) is 3.73. The Balaban J connectivity index is 1.63. The standard InChI is InChI=1S/C21H20Cl5NO3/c22-16-6-4-15(5-7-16)14-27-30-10-3-1-2-9-29-21-18(23)12-17(13-19(21)24)28-11-8-20(25)26/h4-8,12-14H,1-3,9-11H2. The van der Waals surface area contributed by atoms with Gasteiger partial charge in [-0.3, -0.25) is 0 Å². The van der Waals surface area contributed by atoms with Crippen LogP contribution >= 0.6 is 58.0 Å². The molecule has 0 amide bonds. The van der Waals surface area contributed by atoms with Crippen molar-refractivity contribution in [1.29, 1.82) is 0 Å². The second-order valence-corrected chi connectivity index (χ2v) is 8.31. The molecule has 2 rings (SSSR count). The first-order valence-electron chi connectivity index (χ1n) is 9.12. The van der Waals surface area contributed by atoms with Gasteiger partial charge in [0.05, 0.1) is 22.9 Å². The van der Waals surface area contributed by atoms with Crippen molar-refractivity contribution >= 4 is 64.2 Å². The molecule has 0 aliphatic heterocycles. The number of ether oxygens (including phenoxy) is 2. The molecule has 0 saturated heterocycles. The second-order valence-electron chi connectivity index (χ2n) is 6.05. The van der Waals surface area contributed by atoms with E-state index >= 15 is 0 Å². The number of rotatable bonds is 12. The lowest BCUT2D eigenvalue weighted by Crippen LogP contribution is -2.00. The fourth-order valence-corrected chi connectivity index (χ4v) is 3.11. The molecule has 2 aromatic carbocycles. The van der Waals surface area contributed by atoms with Crippen molar-refractivity contribution in [3.05, 3.63) is 67.6 Å². The van der Waals surface area contributed by atoms with E-state index in [2.05, 4.69) is 5.16 Å². The van der Waals surface area contributed by atoms with E-state index < -0.39 is 0 Å². The van der Waals surface area contributed by atoms with E-state index in [4.69, 9.17) is 72.3 Å². The maximum Gasteiger partial charge on any atom is 0.156 e. The summed E-state index contributed by atoms with van der Waals surface area (Å²) in [5.41, 5.74) is 0.928. The predicted molar refractivity (Wildman–Crippen MR) is 126 cm³/mol. The quantitative estimate of drug-likeness (QED) is 0.165. The predicted octanol–water partition coefficient (Wildman–Crippen LogP) is 7.94. The van der Waals surface area contributed by atoms with E-state index in [0.717, 1.165) is 24.8 Å². The van der Waals surface area contributed by atoms with Crippen molar-refractivity contribution in [2.45, 2.75) is 19.3 Å². The smallest absolute Gasteiger partial charge is 0.156 e. The molecule has 0 heterocycles. The minimum absolute atomic E-state index is 0.130. The highest BCUT2D eigenvalue weighted by Crippen LogP contribution is 2.37. The van der Waals surface area contributed by atoms with Gasteiger partial charge in [0.2, 0.25) is 0 Å². The summed E-state index contributed by atoms with van der Waals surface area (Å²) in [5.74, 6) is 0.930. The average Bonchev–Trinajstić information content (AvgIpc) is 2.69. The third kappa shape index (κ3) is 9.67. The zero-order valence-corrected chi connectivity index (χ0v) is 19.7. The molecule has 30 heavy (non-hydrogen) atoms. The number of nitrogens with zero attached hydrogens (tertiary/aromatic N) is 1. The first-order valence-corrected chi connectivity index (χ1v) is 11.0. The van der Waals surface area contributed by atoms with Crippen LogP contribution in [0.2, 0.25) is 15.1 Å². The SMILES string of the molecule is ClC(Cl)=CCOc1cc(Cl)c(OCCCCCON=Cc2ccc(Cl)cc2)c(Cl)c1. The van der Waals surface area contributed by atoms with Crippen LogP contribution in [0, 0.1) is 0 Å². The second kappa shape index (κ2) is 13.9. The van der Waals surface area contributed by atoms with Gasteiger partial charge in [-0.05, 0) is 43.0 Å². The van der Waals surface area contributed by atoms with E-state index in [9.17, 15) is 0 Å². The van der Waals surface area contributed by atoms with Crippen molar-refractivity contribution in [2.24, 2.45) is 5.16 Å². The summed E-state index contributed by atoms with van der Waals surface area (Å²) in [6.07, 6.45) is 5.76. The van der Waals surface area contributed by atoms with Crippen LogP contribution in [-0.4, -0.2) is 26.0 Å². The molecule has 0 atom stereocenters. The summed E-state index contributed by atoms with van der Waals surface area (Å²) in [4.78, 5) is 5.25. The highest BCUT2D eigenvalue weighted by atomic mass is 35.5. The normalized spacial score (nSPS) is 10.8. The maximum absolute atomic E-state index is 6.23. The van der Waals surface area contributed by atoms with Crippen LogP contribution in [0.4, 0.5) is 0 Å². The Morgan fingerprint density at radius 2 is 1.53 bits per heavy atom. The van der Waals surface area contributed by atoms with Crippen LogP contribution < -0.4 is 9.47 Å². The van der Waals surface area contributed by atoms with Crippen LogP contribution in [0.15, 0.2) is 52.1 Å². The molecule has 0 bridgehead atoms. The molecule has 0 saturated carbocycles. The molecule has 0 spiro atoms. The van der Waals surface area contributed by atoms with Crippen molar-refractivity contribution in [1.82, 2.24) is 0 Å². The molecule has 0 fully saturated rings. The molecule has 0 unspecified atom stereocenters. The van der Waals surface area contributed by atoms with Crippen molar-refractivity contribution in [2.75, 3.05) is 19.8 Å². The molecule has 0 aliphatic carbocycles. The fraction of sp³-hybridized carbons (Fsp3) is 0.286. The molecular formula is C21H20Cl5NO3. The lowest BCUT2D eigenvalue weighted by Gasteiger charge is -2.12. The van der Waals surface area contributed by atoms with Crippen molar-refractivity contribution in [3.63, 3.8) is 0 Å². The summed E-state index contributed by atoms with van der Waals surface area (Å²) >= 11 is 29.4. The summed E-state index contributed by atoms with van der Waals surface area (Å²) in [7, 11) is 0. The number of halogens is 5. The molecule has 0 aromatic heterocycles. The zero-order valence-electron chi connectivity index (χ0n) is 15.9. The number of oxime groups is 1.